The number of hydrogen-bond donors (Lipinski definition) is 2. The lowest BCUT2D eigenvalue weighted by atomic mass is 10.1. The number of carbonyl (C=O) groups is 1. The molecule has 6 heteroatoms. The van der Waals surface area contributed by atoms with Gasteiger partial charge in [-0.05, 0) is 51.9 Å². The summed E-state index contributed by atoms with van der Waals surface area (Å²) in [6.45, 7) is 0. The van der Waals surface area contributed by atoms with Crippen molar-refractivity contribution in [2.45, 2.75) is 6.10 Å². The van der Waals surface area contributed by atoms with E-state index in [0.717, 1.165) is 14.9 Å². The third kappa shape index (κ3) is 4.28. The van der Waals surface area contributed by atoms with E-state index in [4.69, 9.17) is 4.74 Å². The lowest BCUT2D eigenvalue weighted by Gasteiger charge is -2.08. The average Bonchev–Trinajstić information content (AvgIpc) is 2.55. The second-order valence-electron chi connectivity index (χ2n) is 4.44. The zero-order valence-electron chi connectivity index (χ0n) is 11.9. The summed E-state index contributed by atoms with van der Waals surface area (Å²) in [6.07, 6.45) is 0.270. The molecule has 0 aliphatic carbocycles. The second-order valence-corrected chi connectivity index (χ2v) is 5.60. The monoisotopic (exact) mass is 410 g/mol. The number of rotatable bonds is 5. The smallest absolute Gasteiger partial charge is 0.273 e. The molecule has 0 saturated carbocycles. The highest BCUT2D eigenvalue weighted by molar-refractivity contribution is 14.1. The predicted octanol–water partition coefficient (Wildman–Crippen LogP) is 2.48. The van der Waals surface area contributed by atoms with E-state index in [2.05, 4.69) is 33.1 Å². The number of aliphatic hydroxyl groups excluding tert-OH is 1. The number of methoxy groups -OCH3 is 1. The molecule has 0 aliphatic heterocycles. The fourth-order valence-electron chi connectivity index (χ4n) is 1.78. The Kier molecular flexibility index (Phi) is 5.91. The predicted molar refractivity (Wildman–Crippen MR) is 92.8 cm³/mol. The minimum Gasteiger partial charge on any atom is -0.496 e. The van der Waals surface area contributed by atoms with Gasteiger partial charge in [0, 0.05) is 0 Å². The molecule has 5 nitrogen and oxygen atoms in total. The van der Waals surface area contributed by atoms with Crippen LogP contribution in [0.3, 0.4) is 0 Å². The van der Waals surface area contributed by atoms with E-state index in [-0.39, 0.29) is 0 Å². The third-order valence-corrected chi connectivity index (χ3v) is 3.77. The van der Waals surface area contributed by atoms with Crippen LogP contribution < -0.4 is 10.2 Å². The Bertz CT molecular complexity index is 674. The van der Waals surface area contributed by atoms with Crippen molar-refractivity contribution in [3.05, 3.63) is 63.2 Å². The van der Waals surface area contributed by atoms with Crippen molar-refractivity contribution in [3.63, 3.8) is 0 Å². The molecule has 0 aromatic heterocycles. The number of benzene rings is 2. The van der Waals surface area contributed by atoms with Gasteiger partial charge >= 0.3 is 0 Å². The van der Waals surface area contributed by atoms with Gasteiger partial charge in [0.2, 0.25) is 0 Å². The van der Waals surface area contributed by atoms with Crippen LogP contribution in [0, 0.1) is 3.57 Å². The molecule has 0 saturated heterocycles. The second kappa shape index (κ2) is 7.90. The maximum absolute atomic E-state index is 11.8. The van der Waals surface area contributed by atoms with Gasteiger partial charge in [-0.3, -0.25) is 4.79 Å². The van der Waals surface area contributed by atoms with Gasteiger partial charge < -0.3 is 9.84 Å². The van der Waals surface area contributed by atoms with Gasteiger partial charge in [0.15, 0.2) is 6.10 Å². The van der Waals surface area contributed by atoms with E-state index >= 15 is 0 Å². The number of nitrogens with zero attached hydrogens (tertiary/aromatic N) is 1. The minimum atomic E-state index is -1.24. The molecule has 2 N–H and O–H groups in total. The molecule has 22 heavy (non-hydrogen) atoms. The van der Waals surface area contributed by atoms with Crippen molar-refractivity contribution in [1.29, 1.82) is 0 Å². The maximum Gasteiger partial charge on any atom is 0.273 e. The third-order valence-electron chi connectivity index (χ3n) is 2.93. The van der Waals surface area contributed by atoms with Crippen molar-refractivity contribution in [2.24, 2.45) is 5.10 Å². The largest absolute Gasteiger partial charge is 0.496 e. The van der Waals surface area contributed by atoms with Crippen molar-refractivity contribution in [1.82, 2.24) is 5.43 Å². The van der Waals surface area contributed by atoms with Gasteiger partial charge in [-0.25, -0.2) is 5.43 Å². The maximum atomic E-state index is 11.8. The molecule has 0 spiro atoms. The Balaban J connectivity index is 1.97. The SMILES string of the molecule is COc1ccc(C=NNC(=O)C(O)c2ccccc2)cc1I. The zero-order chi connectivity index (χ0) is 15.9. The summed E-state index contributed by atoms with van der Waals surface area (Å²) >= 11 is 2.16. The lowest BCUT2D eigenvalue weighted by Crippen LogP contribution is -2.25. The first kappa shape index (κ1) is 16.4. The summed E-state index contributed by atoms with van der Waals surface area (Å²) in [5.41, 5.74) is 3.67. The molecule has 1 amide bonds. The van der Waals surface area contributed by atoms with Crippen LogP contribution in [0.1, 0.15) is 17.2 Å². The molecule has 0 aliphatic rings. The summed E-state index contributed by atoms with van der Waals surface area (Å²) in [4.78, 5) is 11.8. The first-order valence-corrected chi connectivity index (χ1v) is 7.59. The molecule has 1 atom stereocenters. The molecule has 2 aromatic rings. The quantitative estimate of drug-likeness (QED) is 0.452. The number of aliphatic hydroxyl groups is 1. The summed E-state index contributed by atoms with van der Waals surface area (Å²) in [5.74, 6) is 0.201. The number of halogens is 1. The van der Waals surface area contributed by atoms with E-state index in [1.807, 2.05) is 24.3 Å². The summed E-state index contributed by atoms with van der Waals surface area (Å²) < 4.78 is 6.11. The van der Waals surface area contributed by atoms with Crippen LogP contribution in [0.5, 0.6) is 5.75 Å². The molecule has 1 unspecified atom stereocenters. The highest BCUT2D eigenvalue weighted by atomic mass is 127. The normalized spacial score (nSPS) is 12.1. The highest BCUT2D eigenvalue weighted by Gasteiger charge is 2.15. The number of ether oxygens (including phenoxy) is 1. The fourth-order valence-corrected chi connectivity index (χ4v) is 2.54. The molecule has 114 valence electrons. The van der Waals surface area contributed by atoms with E-state index < -0.39 is 12.0 Å². The summed E-state index contributed by atoms with van der Waals surface area (Å²) in [7, 11) is 1.61. The highest BCUT2D eigenvalue weighted by Crippen LogP contribution is 2.20. The van der Waals surface area contributed by atoms with Crippen LogP contribution in [0.15, 0.2) is 53.6 Å². The van der Waals surface area contributed by atoms with Gasteiger partial charge in [-0.2, -0.15) is 5.10 Å². The van der Waals surface area contributed by atoms with Crippen molar-refractivity contribution < 1.29 is 14.6 Å². The van der Waals surface area contributed by atoms with Crippen LogP contribution in [-0.2, 0) is 4.79 Å². The van der Waals surface area contributed by atoms with Gasteiger partial charge in [0.25, 0.3) is 5.91 Å². The number of hydrogen-bond acceptors (Lipinski definition) is 4. The van der Waals surface area contributed by atoms with Crippen molar-refractivity contribution in [3.8, 4) is 5.75 Å². The van der Waals surface area contributed by atoms with E-state index in [1.165, 1.54) is 6.21 Å². The summed E-state index contributed by atoms with van der Waals surface area (Å²) in [6, 6.07) is 14.2. The summed E-state index contributed by atoms with van der Waals surface area (Å²) in [5, 5.41) is 13.8. The molecule has 0 heterocycles. The Morgan fingerprint density at radius 3 is 2.68 bits per heavy atom. The standard InChI is InChI=1S/C16H15IN2O3/c1-22-14-8-7-11(9-13(14)17)10-18-19-16(21)15(20)12-5-3-2-4-6-12/h2-10,15,20H,1H3,(H,19,21). The number of nitrogens with one attached hydrogen (secondary N) is 1. The van der Waals surface area contributed by atoms with Gasteiger partial charge in [-0.15, -0.1) is 0 Å². The Morgan fingerprint density at radius 1 is 1.32 bits per heavy atom. The van der Waals surface area contributed by atoms with Crippen molar-refractivity contribution >= 4 is 34.7 Å². The van der Waals surface area contributed by atoms with Crippen LogP contribution in [-0.4, -0.2) is 24.3 Å². The Labute approximate surface area is 142 Å². The molecule has 2 rings (SSSR count). The molecule has 0 fully saturated rings. The Hall–Kier alpha value is -1.93. The zero-order valence-corrected chi connectivity index (χ0v) is 14.0. The molecule has 0 radical (unpaired) electrons. The van der Waals surface area contributed by atoms with E-state index in [0.29, 0.717) is 5.56 Å². The van der Waals surface area contributed by atoms with Crippen molar-refractivity contribution in [2.75, 3.05) is 7.11 Å². The molecular formula is C16H15IN2O3. The topological polar surface area (TPSA) is 70.9 Å². The van der Waals surface area contributed by atoms with Crippen LogP contribution in [0.25, 0.3) is 0 Å². The number of amides is 1. The minimum absolute atomic E-state index is 0.522. The average molecular weight is 410 g/mol. The van der Waals surface area contributed by atoms with E-state index in [9.17, 15) is 9.90 Å². The van der Waals surface area contributed by atoms with Gasteiger partial charge in [-0.1, -0.05) is 30.3 Å². The lowest BCUT2D eigenvalue weighted by molar-refractivity contribution is -0.129. The molecule has 0 bridgehead atoms. The van der Waals surface area contributed by atoms with Gasteiger partial charge in [0.05, 0.1) is 16.9 Å². The number of hydrazone groups is 1. The van der Waals surface area contributed by atoms with Crippen LogP contribution in [0.4, 0.5) is 0 Å². The first-order chi connectivity index (χ1) is 10.6. The molecular weight excluding hydrogens is 395 g/mol. The molecule has 2 aromatic carbocycles. The first-order valence-electron chi connectivity index (χ1n) is 6.51. The van der Waals surface area contributed by atoms with Crippen LogP contribution in [0.2, 0.25) is 0 Å². The van der Waals surface area contributed by atoms with Gasteiger partial charge in [0.1, 0.15) is 5.75 Å². The van der Waals surface area contributed by atoms with E-state index in [1.54, 1.807) is 31.4 Å². The van der Waals surface area contributed by atoms with Crippen LogP contribution >= 0.6 is 22.6 Å². The number of carbonyl (C=O) groups excluding carboxylic acids is 1. The Morgan fingerprint density at radius 2 is 2.05 bits per heavy atom. The fraction of sp³-hybridized carbons (Fsp3) is 0.125.